The molecule has 0 aliphatic heterocycles. The monoisotopic (exact) mass is 1030 g/mol. The van der Waals surface area contributed by atoms with Gasteiger partial charge in [0.1, 0.15) is 0 Å². The van der Waals surface area contributed by atoms with Gasteiger partial charge < -0.3 is 119 Å². The summed E-state index contributed by atoms with van der Waals surface area (Å²) in [4.78, 5) is 8.63. The molecule has 0 unspecified atom stereocenters. The second-order valence-electron chi connectivity index (χ2n) is 18.5. The Labute approximate surface area is 415 Å². The SMILES string of the molecule is CC(C)CCN(CCC(C)C)C(=S)[S-].CC(C)CCN(CCC(C)C)C(=S)[S-].CC(C)CCN(CCC(C)C)C(=S)[S-].CC(C)CCN(CCC(C)C)C(=S)[S-].[Mo+4]. The van der Waals surface area contributed by atoms with Crippen LogP contribution in [0.1, 0.15) is 162 Å². The first-order chi connectivity index (χ1) is 25.7. The average molecular weight is 1030 g/mol. The van der Waals surface area contributed by atoms with Crippen molar-refractivity contribution in [3.63, 3.8) is 0 Å². The second-order valence-corrected chi connectivity index (χ2v) is 22.6. The fourth-order valence-corrected chi connectivity index (χ4v) is 5.95. The van der Waals surface area contributed by atoms with Crippen molar-refractivity contribution in [3.8, 4) is 0 Å². The zero-order valence-corrected chi connectivity index (χ0v) is 47.9. The minimum Gasteiger partial charge on any atom is -0.411 e. The van der Waals surface area contributed by atoms with E-state index in [4.69, 9.17) is 99.4 Å². The first-order valence-corrected chi connectivity index (χ1v) is 24.8. The van der Waals surface area contributed by atoms with E-state index in [0.29, 0.717) is 17.3 Å². The number of thiocarbonyl (C=S) groups is 4. The molecule has 0 saturated carbocycles. The smallest absolute Gasteiger partial charge is 0.411 e. The topological polar surface area (TPSA) is 13.0 Å². The van der Waals surface area contributed by atoms with Gasteiger partial charge in [-0.2, -0.15) is 0 Å². The van der Waals surface area contributed by atoms with E-state index >= 15 is 0 Å². The van der Waals surface area contributed by atoms with Crippen LogP contribution in [-0.4, -0.2) is 89.2 Å². The third-order valence-corrected chi connectivity index (χ3v) is 10.9. The van der Waals surface area contributed by atoms with Gasteiger partial charge in [0.15, 0.2) is 0 Å². The summed E-state index contributed by atoms with van der Waals surface area (Å²) < 4.78 is 2.52. The molecule has 0 bridgehead atoms. The van der Waals surface area contributed by atoms with Gasteiger partial charge in [0.25, 0.3) is 0 Å². The number of nitrogens with zero attached hydrogens (tertiary/aromatic N) is 4. The van der Waals surface area contributed by atoms with Crippen LogP contribution in [0.25, 0.3) is 0 Å². The predicted molar refractivity (Wildman–Crippen MR) is 282 cm³/mol. The molecule has 0 rings (SSSR count). The summed E-state index contributed by atoms with van der Waals surface area (Å²) in [6, 6.07) is 0. The van der Waals surface area contributed by atoms with Gasteiger partial charge in [0, 0.05) is 52.4 Å². The van der Waals surface area contributed by atoms with Gasteiger partial charge in [-0.1, -0.05) is 128 Å². The van der Waals surface area contributed by atoms with E-state index in [1.165, 1.54) is 51.4 Å². The molecule has 0 aliphatic carbocycles. The molecule has 13 heteroatoms. The Hall–Kier alpha value is 1.13. The summed E-state index contributed by atoms with van der Waals surface area (Å²) in [6.07, 6.45) is 9.40. The molecule has 0 heterocycles. The molecule has 0 radical (unpaired) electrons. The van der Waals surface area contributed by atoms with Gasteiger partial charge in [-0.25, -0.2) is 0 Å². The molecule has 0 aromatic heterocycles. The van der Waals surface area contributed by atoms with Crippen LogP contribution in [0.4, 0.5) is 0 Å². The van der Waals surface area contributed by atoms with Crippen LogP contribution in [0.3, 0.4) is 0 Å². The molecular weight excluding hydrogens is 937 g/mol. The third-order valence-electron chi connectivity index (χ3n) is 8.84. The molecular formula is C44H88MoN4S8. The van der Waals surface area contributed by atoms with Crippen LogP contribution in [0, 0.1) is 47.3 Å². The summed E-state index contributed by atoms with van der Waals surface area (Å²) in [7, 11) is 0. The van der Waals surface area contributed by atoms with Crippen LogP contribution in [0.2, 0.25) is 0 Å². The molecule has 0 atom stereocenters. The van der Waals surface area contributed by atoms with Crippen molar-refractivity contribution < 1.29 is 21.1 Å². The summed E-state index contributed by atoms with van der Waals surface area (Å²) in [5.74, 6) is 5.78. The van der Waals surface area contributed by atoms with Gasteiger partial charge in [-0.15, -0.1) is 0 Å². The summed E-state index contributed by atoms with van der Waals surface area (Å²) in [5.41, 5.74) is 0. The first kappa shape index (κ1) is 67.2. The van der Waals surface area contributed by atoms with E-state index in [0.717, 1.165) is 99.7 Å². The van der Waals surface area contributed by atoms with E-state index in [-0.39, 0.29) is 21.1 Å². The molecule has 0 fully saturated rings. The Morgan fingerprint density at radius 2 is 0.368 bits per heavy atom. The van der Waals surface area contributed by atoms with E-state index in [2.05, 4.69) is 130 Å². The Balaban J connectivity index is -0.000000210. The number of hydrogen-bond acceptors (Lipinski definition) is 8. The minimum atomic E-state index is 0. The molecule has 4 nitrogen and oxygen atoms in total. The summed E-state index contributed by atoms with van der Waals surface area (Å²) in [5, 5.41) is 0. The molecule has 57 heavy (non-hydrogen) atoms. The third kappa shape index (κ3) is 53.2. The molecule has 0 saturated heterocycles. The minimum absolute atomic E-state index is 0. The quantitative estimate of drug-likeness (QED) is 0.0519. The van der Waals surface area contributed by atoms with Crippen LogP contribution in [0.5, 0.6) is 0 Å². The van der Waals surface area contributed by atoms with Gasteiger partial charge >= 0.3 is 21.1 Å². The number of rotatable bonds is 24. The van der Waals surface area contributed by atoms with Crippen LogP contribution in [-0.2, 0) is 71.6 Å². The van der Waals surface area contributed by atoms with E-state index in [1.807, 2.05) is 0 Å². The molecule has 0 amide bonds. The Morgan fingerprint density at radius 1 is 0.281 bits per heavy atom. The van der Waals surface area contributed by atoms with Crippen LogP contribution >= 0.6 is 48.9 Å². The van der Waals surface area contributed by atoms with Crippen LogP contribution in [0.15, 0.2) is 0 Å². The maximum Gasteiger partial charge on any atom is 4.00 e. The van der Waals surface area contributed by atoms with Crippen LogP contribution < -0.4 is 0 Å². The Morgan fingerprint density at radius 3 is 0.421 bits per heavy atom. The predicted octanol–water partition coefficient (Wildman–Crippen LogP) is 12.8. The Bertz CT molecular complexity index is 778. The standard InChI is InChI=1S/4C11H23NS2.Mo/c4*1-9(2)5-7-12(11(13)14)8-6-10(3)4;/h4*9-10H,5-8H2,1-4H3,(H,13,14);/q;;;;+4/p-4. The molecule has 338 valence electrons. The van der Waals surface area contributed by atoms with Crippen molar-refractivity contribution in [2.45, 2.75) is 162 Å². The number of hydrogen-bond donors (Lipinski definition) is 0. The van der Waals surface area contributed by atoms with Gasteiger partial charge in [-0.05, 0) is 98.7 Å². The van der Waals surface area contributed by atoms with E-state index in [9.17, 15) is 0 Å². The van der Waals surface area contributed by atoms with E-state index < -0.39 is 0 Å². The summed E-state index contributed by atoms with van der Waals surface area (Å²) in [6.45, 7) is 43.8. The molecule has 0 aromatic rings. The maximum atomic E-state index is 5.06. The van der Waals surface area contributed by atoms with Crippen molar-refractivity contribution in [3.05, 3.63) is 0 Å². The van der Waals surface area contributed by atoms with E-state index in [1.54, 1.807) is 0 Å². The normalized spacial score (nSPS) is 10.8. The molecule has 0 spiro atoms. The van der Waals surface area contributed by atoms with Crippen molar-refractivity contribution >= 4 is 117 Å². The fraction of sp³-hybridized carbons (Fsp3) is 0.909. The zero-order chi connectivity index (χ0) is 44.6. The second kappa shape index (κ2) is 42.4. The largest absolute Gasteiger partial charge is 4.00 e. The Kier molecular flexibility index (Phi) is 50.0. The first-order valence-electron chi connectivity index (χ1n) is 21.6. The molecule has 0 aromatic carbocycles. The van der Waals surface area contributed by atoms with Crippen molar-refractivity contribution in [2.75, 3.05) is 52.4 Å². The fourth-order valence-electron chi connectivity index (χ4n) is 4.49. The van der Waals surface area contributed by atoms with Gasteiger partial charge in [-0.3, -0.25) is 0 Å². The zero-order valence-electron chi connectivity index (χ0n) is 39.4. The molecule has 0 N–H and O–H groups in total. The van der Waals surface area contributed by atoms with Gasteiger partial charge in [0.2, 0.25) is 0 Å². The van der Waals surface area contributed by atoms with Crippen molar-refractivity contribution in [2.24, 2.45) is 47.3 Å². The van der Waals surface area contributed by atoms with Crippen molar-refractivity contribution in [1.29, 1.82) is 0 Å². The van der Waals surface area contributed by atoms with Gasteiger partial charge in [0.05, 0.1) is 0 Å². The molecule has 0 aliphatic rings. The summed E-state index contributed by atoms with van der Waals surface area (Å²) >= 11 is 40.5. The maximum absolute atomic E-state index is 5.06. The average Bonchev–Trinajstić information content (AvgIpc) is 3.03. The van der Waals surface area contributed by atoms with Crippen molar-refractivity contribution in [1.82, 2.24) is 19.6 Å².